The average molecular weight is 301 g/mol. The van der Waals surface area contributed by atoms with Gasteiger partial charge < -0.3 is 14.7 Å². The molecule has 1 aromatic carbocycles. The maximum Gasteiger partial charge on any atom is 0.143 e. The Hall–Kier alpha value is -0.880. The summed E-state index contributed by atoms with van der Waals surface area (Å²) in [5.41, 5.74) is 0.651. The summed E-state index contributed by atoms with van der Waals surface area (Å²) < 4.78 is 19.1. The second kappa shape index (κ2) is 5.48. The van der Waals surface area contributed by atoms with Crippen LogP contribution in [0.15, 0.2) is 12.1 Å². The Morgan fingerprint density at radius 2 is 2.00 bits per heavy atom. The first-order valence-corrected chi connectivity index (χ1v) is 7.16. The summed E-state index contributed by atoms with van der Waals surface area (Å²) >= 11 is 6.05. The molecule has 0 saturated carbocycles. The lowest BCUT2D eigenvalue weighted by Gasteiger charge is -2.42. The summed E-state index contributed by atoms with van der Waals surface area (Å²) in [6.45, 7) is 3.73. The molecule has 0 aliphatic carbocycles. The number of benzene rings is 1. The van der Waals surface area contributed by atoms with Gasteiger partial charge in [-0.2, -0.15) is 0 Å². The molecule has 2 atom stereocenters. The van der Waals surface area contributed by atoms with E-state index in [2.05, 4.69) is 16.8 Å². The van der Waals surface area contributed by atoms with Crippen LogP contribution < -0.4 is 4.74 Å². The van der Waals surface area contributed by atoms with Gasteiger partial charge in [0.1, 0.15) is 24.3 Å². The Morgan fingerprint density at radius 1 is 1.30 bits per heavy atom. The van der Waals surface area contributed by atoms with Gasteiger partial charge in [0.15, 0.2) is 0 Å². The minimum Gasteiger partial charge on any atom is -0.489 e. The third-order valence-corrected chi connectivity index (χ3v) is 4.33. The molecule has 0 bridgehead atoms. The van der Waals surface area contributed by atoms with E-state index >= 15 is 0 Å². The van der Waals surface area contributed by atoms with E-state index < -0.39 is 11.9 Å². The molecule has 0 aromatic heterocycles. The molecule has 0 spiro atoms. The number of halogens is 2. The molecule has 4 nitrogen and oxygen atoms in total. The average Bonchev–Trinajstić information content (AvgIpc) is 2.40. The lowest BCUT2D eigenvalue weighted by atomic mass is 9.95. The number of aliphatic hydroxyl groups excluding tert-OH is 1. The first kappa shape index (κ1) is 14.1. The molecule has 1 aromatic rings. The molecule has 3 rings (SSSR count). The van der Waals surface area contributed by atoms with Crippen molar-refractivity contribution in [1.29, 1.82) is 0 Å². The van der Waals surface area contributed by atoms with Gasteiger partial charge in [-0.3, -0.25) is 4.90 Å². The summed E-state index contributed by atoms with van der Waals surface area (Å²) in [7, 11) is 2.07. The first-order valence-electron chi connectivity index (χ1n) is 6.78. The first-order chi connectivity index (χ1) is 9.56. The van der Waals surface area contributed by atoms with Crippen molar-refractivity contribution in [2.75, 3.05) is 39.8 Å². The Kier molecular flexibility index (Phi) is 3.86. The highest BCUT2D eigenvalue weighted by atomic mass is 35.5. The van der Waals surface area contributed by atoms with Gasteiger partial charge in [-0.15, -0.1) is 0 Å². The van der Waals surface area contributed by atoms with E-state index in [9.17, 15) is 9.50 Å². The summed E-state index contributed by atoms with van der Waals surface area (Å²) in [5.74, 6) is 0.105. The van der Waals surface area contributed by atoms with Crippen molar-refractivity contribution in [2.24, 2.45) is 0 Å². The van der Waals surface area contributed by atoms with Crippen LogP contribution in [0.1, 0.15) is 11.6 Å². The second-order valence-electron chi connectivity index (χ2n) is 5.47. The topological polar surface area (TPSA) is 35.9 Å². The number of hydrogen-bond acceptors (Lipinski definition) is 4. The van der Waals surface area contributed by atoms with Crippen molar-refractivity contribution in [3.8, 4) is 5.75 Å². The van der Waals surface area contributed by atoms with E-state index in [1.165, 1.54) is 12.1 Å². The van der Waals surface area contributed by atoms with E-state index in [-0.39, 0.29) is 17.7 Å². The molecule has 2 aliphatic heterocycles. The fourth-order valence-corrected chi connectivity index (χ4v) is 3.23. The quantitative estimate of drug-likeness (QED) is 0.853. The number of piperazine rings is 1. The van der Waals surface area contributed by atoms with Crippen LogP contribution in [0.4, 0.5) is 4.39 Å². The van der Waals surface area contributed by atoms with Crippen molar-refractivity contribution in [1.82, 2.24) is 9.80 Å². The number of fused-ring (bicyclic) bond motifs is 1. The molecule has 6 heteroatoms. The molecule has 2 unspecified atom stereocenters. The zero-order valence-electron chi connectivity index (χ0n) is 11.4. The van der Waals surface area contributed by atoms with Gasteiger partial charge in [-0.1, -0.05) is 11.6 Å². The molecular weight excluding hydrogens is 283 g/mol. The SMILES string of the molecule is CN1CCN(C2c3cc(F)cc(Cl)c3OCC2O)CC1. The summed E-state index contributed by atoms with van der Waals surface area (Å²) in [6, 6.07) is 2.42. The highest BCUT2D eigenvalue weighted by molar-refractivity contribution is 6.32. The number of nitrogens with zero attached hydrogens (tertiary/aromatic N) is 2. The Balaban J connectivity index is 1.95. The normalized spacial score (nSPS) is 28.0. The van der Waals surface area contributed by atoms with Crippen molar-refractivity contribution in [3.63, 3.8) is 0 Å². The highest BCUT2D eigenvalue weighted by Gasteiger charge is 2.36. The van der Waals surface area contributed by atoms with Gasteiger partial charge in [0.05, 0.1) is 11.1 Å². The van der Waals surface area contributed by atoms with Crippen LogP contribution in [0.5, 0.6) is 5.75 Å². The number of ether oxygens (including phenoxy) is 1. The zero-order valence-corrected chi connectivity index (χ0v) is 12.1. The highest BCUT2D eigenvalue weighted by Crippen LogP contribution is 2.41. The van der Waals surface area contributed by atoms with Gasteiger partial charge in [-0.25, -0.2) is 4.39 Å². The van der Waals surface area contributed by atoms with E-state index in [4.69, 9.17) is 16.3 Å². The van der Waals surface area contributed by atoms with Gasteiger partial charge in [0.2, 0.25) is 0 Å². The van der Waals surface area contributed by atoms with E-state index in [0.29, 0.717) is 11.3 Å². The lowest BCUT2D eigenvalue weighted by molar-refractivity contribution is -0.0153. The van der Waals surface area contributed by atoms with Crippen LogP contribution in [-0.2, 0) is 0 Å². The van der Waals surface area contributed by atoms with Crippen LogP contribution in [0.2, 0.25) is 5.02 Å². The largest absolute Gasteiger partial charge is 0.489 e. The maximum absolute atomic E-state index is 13.6. The van der Waals surface area contributed by atoms with Gasteiger partial charge in [0.25, 0.3) is 0 Å². The van der Waals surface area contributed by atoms with Crippen LogP contribution in [-0.4, -0.2) is 60.8 Å². The molecule has 1 N–H and O–H groups in total. The predicted molar refractivity (Wildman–Crippen MR) is 74.7 cm³/mol. The Labute approximate surface area is 122 Å². The standard InChI is InChI=1S/C14H18ClFN2O2/c1-17-2-4-18(5-3-17)13-10-6-9(16)7-11(15)14(10)20-8-12(13)19/h6-7,12-13,19H,2-5,8H2,1H3. The van der Waals surface area contributed by atoms with Crippen LogP contribution >= 0.6 is 11.6 Å². The van der Waals surface area contributed by atoms with Crippen LogP contribution in [0, 0.1) is 5.82 Å². The number of hydrogen-bond donors (Lipinski definition) is 1. The monoisotopic (exact) mass is 300 g/mol. The molecule has 1 fully saturated rings. The van der Waals surface area contributed by atoms with E-state index in [1.807, 2.05) is 0 Å². The second-order valence-corrected chi connectivity index (χ2v) is 5.88. The predicted octanol–water partition coefficient (Wildman–Crippen LogP) is 1.52. The van der Waals surface area contributed by atoms with E-state index in [0.717, 1.165) is 26.2 Å². The molecule has 0 amide bonds. The summed E-state index contributed by atoms with van der Waals surface area (Å²) in [6.07, 6.45) is -0.663. The fourth-order valence-electron chi connectivity index (χ4n) is 2.96. The minimum absolute atomic E-state index is 0.190. The molecule has 2 heterocycles. The van der Waals surface area contributed by atoms with Crippen LogP contribution in [0.25, 0.3) is 0 Å². The number of rotatable bonds is 1. The maximum atomic E-state index is 13.6. The summed E-state index contributed by atoms with van der Waals surface area (Å²) in [4.78, 5) is 4.42. The molecule has 1 saturated heterocycles. The minimum atomic E-state index is -0.663. The van der Waals surface area contributed by atoms with Crippen molar-refractivity contribution >= 4 is 11.6 Å². The molecule has 2 aliphatic rings. The van der Waals surface area contributed by atoms with Crippen molar-refractivity contribution < 1.29 is 14.2 Å². The smallest absolute Gasteiger partial charge is 0.143 e. The molecule has 20 heavy (non-hydrogen) atoms. The third kappa shape index (κ3) is 2.51. The summed E-state index contributed by atoms with van der Waals surface area (Å²) in [5, 5.41) is 10.5. The van der Waals surface area contributed by atoms with Gasteiger partial charge in [-0.05, 0) is 19.2 Å². The van der Waals surface area contributed by atoms with Crippen molar-refractivity contribution in [2.45, 2.75) is 12.1 Å². The number of aliphatic hydroxyl groups is 1. The van der Waals surface area contributed by atoms with Gasteiger partial charge in [0, 0.05) is 31.7 Å². The Bertz CT molecular complexity index is 506. The molecule has 110 valence electrons. The third-order valence-electron chi connectivity index (χ3n) is 4.05. The van der Waals surface area contributed by atoms with Gasteiger partial charge >= 0.3 is 0 Å². The van der Waals surface area contributed by atoms with Crippen molar-refractivity contribution in [3.05, 3.63) is 28.5 Å². The lowest BCUT2D eigenvalue weighted by Crippen LogP contribution is -2.50. The number of likely N-dealkylation sites (N-methyl/N-ethyl adjacent to an activating group) is 1. The zero-order chi connectivity index (χ0) is 14.3. The van der Waals surface area contributed by atoms with Crippen LogP contribution in [0.3, 0.4) is 0 Å². The van der Waals surface area contributed by atoms with E-state index in [1.54, 1.807) is 0 Å². The fraction of sp³-hybridized carbons (Fsp3) is 0.571. The molecule has 0 radical (unpaired) electrons. The molecular formula is C14H18ClFN2O2. The Morgan fingerprint density at radius 3 is 2.70 bits per heavy atom.